The molecule has 1 saturated heterocycles. The van der Waals surface area contributed by atoms with Gasteiger partial charge >= 0.3 is 0 Å². The summed E-state index contributed by atoms with van der Waals surface area (Å²) in [7, 11) is 0. The molecule has 1 aromatic heterocycles. The average molecular weight is 250 g/mol. The van der Waals surface area contributed by atoms with Crippen LogP contribution in [0.3, 0.4) is 0 Å². The Balaban J connectivity index is 1.73. The van der Waals surface area contributed by atoms with Gasteiger partial charge in [0.1, 0.15) is 0 Å². The van der Waals surface area contributed by atoms with Crippen LogP contribution in [0, 0.1) is 0 Å². The lowest BCUT2D eigenvalue weighted by atomic mass is 10.3. The molecule has 3 N–H and O–H groups in total. The van der Waals surface area contributed by atoms with Crippen molar-refractivity contribution < 1.29 is 9.53 Å². The molecule has 0 saturated carbocycles. The Morgan fingerprint density at radius 1 is 1.44 bits per heavy atom. The first-order valence-electron chi connectivity index (χ1n) is 6.05. The summed E-state index contributed by atoms with van der Waals surface area (Å²) in [5.74, 6) is 0.155. The Hall–Kier alpha value is -1.82. The normalized spacial score (nSPS) is 15.4. The topological polar surface area (TPSA) is 80.5 Å². The number of nitrogen functional groups attached to an aromatic ring is 1. The van der Waals surface area contributed by atoms with Crippen LogP contribution in [0.5, 0.6) is 0 Å². The van der Waals surface area contributed by atoms with E-state index in [0.717, 1.165) is 5.69 Å². The van der Waals surface area contributed by atoms with E-state index >= 15 is 0 Å². The first kappa shape index (κ1) is 12.6. The molecule has 1 aromatic rings. The number of carbonyl (C=O) groups excluding carboxylic acids is 1. The van der Waals surface area contributed by atoms with E-state index in [2.05, 4.69) is 10.3 Å². The van der Waals surface area contributed by atoms with Gasteiger partial charge in [-0.15, -0.1) is 0 Å². The van der Waals surface area contributed by atoms with Gasteiger partial charge in [-0.05, 0) is 6.07 Å². The van der Waals surface area contributed by atoms with Crippen LogP contribution < -0.4 is 11.1 Å². The molecule has 0 aliphatic carbocycles. The van der Waals surface area contributed by atoms with Crippen molar-refractivity contribution in [3.63, 3.8) is 0 Å². The van der Waals surface area contributed by atoms with Gasteiger partial charge in [-0.3, -0.25) is 9.78 Å². The minimum Gasteiger partial charge on any atom is -0.397 e. The van der Waals surface area contributed by atoms with Crippen molar-refractivity contribution >= 4 is 17.3 Å². The quantitative estimate of drug-likeness (QED) is 0.804. The Kier molecular flexibility index (Phi) is 4.35. The standard InChI is InChI=1S/C12H18N4O2/c13-10-7-11(9-14-8-10)15-2-1-12(17)16-3-5-18-6-4-16/h7-9,15H,1-6,13H2. The number of amides is 1. The molecule has 98 valence electrons. The number of rotatable bonds is 4. The molecule has 0 radical (unpaired) electrons. The molecule has 1 aliphatic rings. The largest absolute Gasteiger partial charge is 0.397 e. The van der Waals surface area contributed by atoms with E-state index in [9.17, 15) is 4.79 Å². The summed E-state index contributed by atoms with van der Waals surface area (Å²) >= 11 is 0. The van der Waals surface area contributed by atoms with Crippen molar-refractivity contribution in [3.8, 4) is 0 Å². The zero-order valence-electron chi connectivity index (χ0n) is 10.3. The van der Waals surface area contributed by atoms with Crippen LogP contribution in [0.1, 0.15) is 6.42 Å². The summed E-state index contributed by atoms with van der Waals surface area (Å²) in [6.45, 7) is 3.25. The van der Waals surface area contributed by atoms with E-state index in [0.29, 0.717) is 45.0 Å². The second kappa shape index (κ2) is 6.20. The Morgan fingerprint density at radius 2 is 2.22 bits per heavy atom. The van der Waals surface area contributed by atoms with Crippen LogP contribution in [0.25, 0.3) is 0 Å². The number of hydrogen-bond donors (Lipinski definition) is 2. The summed E-state index contributed by atoms with van der Waals surface area (Å²) in [6.07, 6.45) is 3.74. The SMILES string of the molecule is Nc1cncc(NCCC(=O)N2CCOCC2)c1. The number of hydrogen-bond acceptors (Lipinski definition) is 5. The number of nitrogens with one attached hydrogen (secondary N) is 1. The third kappa shape index (κ3) is 3.59. The van der Waals surface area contributed by atoms with Crippen LogP contribution in [0.2, 0.25) is 0 Å². The predicted octanol–water partition coefficient (Wildman–Crippen LogP) is 0.325. The number of ether oxygens (including phenoxy) is 1. The van der Waals surface area contributed by atoms with Crippen molar-refractivity contribution in [2.45, 2.75) is 6.42 Å². The summed E-state index contributed by atoms with van der Waals surface area (Å²) in [4.78, 5) is 17.7. The molecule has 6 heteroatoms. The van der Waals surface area contributed by atoms with Gasteiger partial charge in [0.05, 0.1) is 30.8 Å². The molecule has 2 heterocycles. The van der Waals surface area contributed by atoms with E-state index in [1.807, 2.05) is 4.90 Å². The van der Waals surface area contributed by atoms with Crippen LogP contribution in [-0.4, -0.2) is 48.6 Å². The maximum absolute atomic E-state index is 11.8. The lowest BCUT2D eigenvalue weighted by molar-refractivity contribution is -0.134. The monoisotopic (exact) mass is 250 g/mol. The average Bonchev–Trinajstić information content (AvgIpc) is 2.40. The van der Waals surface area contributed by atoms with Gasteiger partial charge in [0.25, 0.3) is 0 Å². The molecule has 0 unspecified atom stereocenters. The first-order valence-corrected chi connectivity index (χ1v) is 6.05. The smallest absolute Gasteiger partial charge is 0.224 e. The van der Waals surface area contributed by atoms with Gasteiger partial charge < -0.3 is 20.7 Å². The van der Waals surface area contributed by atoms with E-state index < -0.39 is 0 Å². The number of carbonyl (C=O) groups is 1. The maximum Gasteiger partial charge on any atom is 0.224 e. The molecule has 1 aliphatic heterocycles. The van der Waals surface area contributed by atoms with Crippen LogP contribution in [0.15, 0.2) is 18.5 Å². The number of nitrogens with zero attached hydrogens (tertiary/aromatic N) is 2. The third-order valence-electron chi connectivity index (χ3n) is 2.79. The van der Waals surface area contributed by atoms with Gasteiger partial charge in [-0.1, -0.05) is 0 Å². The number of pyridine rings is 1. The molecule has 6 nitrogen and oxygen atoms in total. The zero-order valence-corrected chi connectivity index (χ0v) is 10.3. The molecule has 2 rings (SSSR count). The van der Waals surface area contributed by atoms with Gasteiger partial charge in [0.15, 0.2) is 0 Å². The Bertz CT molecular complexity index is 405. The molecule has 18 heavy (non-hydrogen) atoms. The lowest BCUT2D eigenvalue weighted by Crippen LogP contribution is -2.41. The highest BCUT2D eigenvalue weighted by atomic mass is 16.5. The number of anilines is 2. The van der Waals surface area contributed by atoms with Crippen molar-refractivity contribution in [1.82, 2.24) is 9.88 Å². The molecule has 0 atom stereocenters. The van der Waals surface area contributed by atoms with Crippen LogP contribution in [0.4, 0.5) is 11.4 Å². The van der Waals surface area contributed by atoms with Crippen molar-refractivity contribution in [2.75, 3.05) is 43.9 Å². The molecular weight excluding hydrogens is 232 g/mol. The van der Waals surface area contributed by atoms with Gasteiger partial charge in [0, 0.05) is 32.3 Å². The molecular formula is C12H18N4O2. The van der Waals surface area contributed by atoms with Crippen molar-refractivity contribution in [3.05, 3.63) is 18.5 Å². The van der Waals surface area contributed by atoms with Crippen LogP contribution >= 0.6 is 0 Å². The molecule has 1 amide bonds. The fourth-order valence-electron chi connectivity index (χ4n) is 1.84. The highest BCUT2D eigenvalue weighted by molar-refractivity contribution is 5.76. The van der Waals surface area contributed by atoms with Crippen molar-refractivity contribution in [2.24, 2.45) is 0 Å². The summed E-state index contributed by atoms with van der Waals surface area (Å²) in [5.41, 5.74) is 7.06. The maximum atomic E-state index is 11.8. The number of morpholine rings is 1. The highest BCUT2D eigenvalue weighted by Crippen LogP contribution is 2.09. The first-order chi connectivity index (χ1) is 8.75. The third-order valence-corrected chi connectivity index (χ3v) is 2.79. The summed E-state index contributed by atoms with van der Waals surface area (Å²) in [5, 5.41) is 3.13. The summed E-state index contributed by atoms with van der Waals surface area (Å²) in [6, 6.07) is 1.80. The lowest BCUT2D eigenvalue weighted by Gasteiger charge is -2.26. The van der Waals surface area contributed by atoms with Gasteiger partial charge in [-0.2, -0.15) is 0 Å². The van der Waals surface area contributed by atoms with Crippen molar-refractivity contribution in [1.29, 1.82) is 0 Å². The Labute approximate surface area is 106 Å². The molecule has 0 spiro atoms. The molecule has 0 bridgehead atoms. The fraction of sp³-hybridized carbons (Fsp3) is 0.500. The fourth-order valence-corrected chi connectivity index (χ4v) is 1.84. The van der Waals surface area contributed by atoms with E-state index in [-0.39, 0.29) is 5.91 Å². The molecule has 1 fully saturated rings. The number of nitrogens with two attached hydrogens (primary N) is 1. The van der Waals surface area contributed by atoms with Gasteiger partial charge in [0.2, 0.25) is 5.91 Å². The van der Waals surface area contributed by atoms with E-state index in [1.165, 1.54) is 0 Å². The highest BCUT2D eigenvalue weighted by Gasteiger charge is 2.15. The van der Waals surface area contributed by atoms with Gasteiger partial charge in [-0.25, -0.2) is 0 Å². The molecule has 0 aromatic carbocycles. The van der Waals surface area contributed by atoms with E-state index in [1.54, 1.807) is 18.5 Å². The number of aromatic nitrogens is 1. The predicted molar refractivity (Wildman–Crippen MR) is 69.2 cm³/mol. The second-order valence-corrected chi connectivity index (χ2v) is 4.18. The minimum atomic E-state index is 0.155. The summed E-state index contributed by atoms with van der Waals surface area (Å²) < 4.78 is 5.21. The van der Waals surface area contributed by atoms with E-state index in [4.69, 9.17) is 10.5 Å². The van der Waals surface area contributed by atoms with Crippen LogP contribution in [-0.2, 0) is 9.53 Å². The second-order valence-electron chi connectivity index (χ2n) is 4.18. The Morgan fingerprint density at radius 3 is 2.94 bits per heavy atom. The minimum absolute atomic E-state index is 0.155. The zero-order chi connectivity index (χ0) is 12.8.